The molecule has 5 heteroatoms. The summed E-state index contributed by atoms with van der Waals surface area (Å²) in [4.78, 5) is 19.2. The smallest absolute Gasteiger partial charge is 0.273 e. The molecule has 1 fully saturated rings. The van der Waals surface area contributed by atoms with E-state index in [-0.39, 0.29) is 18.6 Å². The predicted molar refractivity (Wildman–Crippen MR) is 92.7 cm³/mol. The van der Waals surface area contributed by atoms with E-state index >= 15 is 0 Å². The van der Waals surface area contributed by atoms with E-state index in [2.05, 4.69) is 24.0 Å². The number of thiazole rings is 1. The number of aromatic nitrogens is 1. The molecule has 0 radical (unpaired) electrons. The van der Waals surface area contributed by atoms with E-state index < -0.39 is 0 Å². The van der Waals surface area contributed by atoms with E-state index in [0.717, 1.165) is 36.4 Å². The number of carbonyl (C=O) groups is 1. The second-order valence-electron chi connectivity index (χ2n) is 6.06. The van der Waals surface area contributed by atoms with Gasteiger partial charge in [0.1, 0.15) is 10.7 Å². The van der Waals surface area contributed by atoms with Crippen molar-refractivity contribution in [2.24, 2.45) is 0 Å². The summed E-state index contributed by atoms with van der Waals surface area (Å²) in [5.74, 6) is -0.00207. The Morgan fingerprint density at radius 3 is 2.87 bits per heavy atom. The van der Waals surface area contributed by atoms with Gasteiger partial charge in [0.15, 0.2) is 0 Å². The topological polar surface area (TPSA) is 53.4 Å². The third kappa shape index (κ3) is 3.62. The van der Waals surface area contributed by atoms with Crippen LogP contribution in [0.1, 0.15) is 41.7 Å². The molecule has 1 N–H and O–H groups in total. The highest BCUT2D eigenvalue weighted by molar-refractivity contribution is 7.13. The first-order valence-corrected chi connectivity index (χ1v) is 9.01. The number of aryl methyl sites for hydroxylation is 1. The minimum Gasteiger partial charge on any atom is -0.396 e. The summed E-state index contributed by atoms with van der Waals surface area (Å²) < 4.78 is 0. The summed E-state index contributed by atoms with van der Waals surface area (Å²) in [6.45, 7) is 2.94. The van der Waals surface area contributed by atoms with Crippen molar-refractivity contribution in [1.82, 2.24) is 9.88 Å². The number of aliphatic hydroxyl groups is 1. The summed E-state index contributed by atoms with van der Waals surface area (Å²) in [5.41, 5.74) is 2.78. The molecule has 1 aromatic heterocycles. The Morgan fingerprint density at radius 2 is 2.13 bits per heavy atom. The molecule has 122 valence electrons. The van der Waals surface area contributed by atoms with Gasteiger partial charge >= 0.3 is 0 Å². The maximum Gasteiger partial charge on any atom is 0.273 e. The van der Waals surface area contributed by atoms with Crippen LogP contribution in [0.25, 0.3) is 10.6 Å². The molecule has 1 aromatic carbocycles. The Morgan fingerprint density at radius 1 is 1.35 bits per heavy atom. The zero-order chi connectivity index (χ0) is 16.2. The molecule has 1 atom stereocenters. The van der Waals surface area contributed by atoms with Crippen molar-refractivity contribution < 1.29 is 9.90 Å². The summed E-state index contributed by atoms with van der Waals surface area (Å²) in [7, 11) is 0. The number of nitrogens with zero attached hydrogens (tertiary/aromatic N) is 2. The van der Waals surface area contributed by atoms with E-state index in [1.165, 1.54) is 16.9 Å². The molecule has 4 nitrogen and oxygen atoms in total. The highest BCUT2D eigenvalue weighted by Crippen LogP contribution is 2.27. The number of likely N-dealkylation sites (tertiary alicyclic amines) is 1. The maximum absolute atomic E-state index is 12.8. The fourth-order valence-corrected chi connectivity index (χ4v) is 3.86. The Kier molecular flexibility index (Phi) is 5.08. The van der Waals surface area contributed by atoms with Crippen LogP contribution in [0.15, 0.2) is 29.6 Å². The first-order chi connectivity index (χ1) is 11.2. The molecule has 2 heterocycles. The van der Waals surface area contributed by atoms with Crippen LogP contribution < -0.4 is 0 Å². The summed E-state index contributed by atoms with van der Waals surface area (Å²) in [6, 6.07) is 8.33. The van der Waals surface area contributed by atoms with Gasteiger partial charge in [-0.3, -0.25) is 4.79 Å². The second-order valence-corrected chi connectivity index (χ2v) is 6.92. The van der Waals surface area contributed by atoms with Gasteiger partial charge in [0, 0.05) is 30.1 Å². The molecule has 0 aliphatic carbocycles. The average molecular weight is 330 g/mol. The molecule has 0 bridgehead atoms. The average Bonchev–Trinajstić information content (AvgIpc) is 3.06. The Hall–Kier alpha value is -1.72. The first kappa shape index (κ1) is 16.1. The number of carbonyl (C=O) groups excluding carboxylic acids is 1. The Balaban J connectivity index is 1.78. The van der Waals surface area contributed by atoms with Crippen molar-refractivity contribution in [3.63, 3.8) is 0 Å². The molecular formula is C18H22N2O2S. The van der Waals surface area contributed by atoms with E-state index in [4.69, 9.17) is 0 Å². The molecule has 1 aliphatic heterocycles. The zero-order valence-electron chi connectivity index (χ0n) is 13.4. The summed E-state index contributed by atoms with van der Waals surface area (Å²) in [6.07, 6.45) is 3.78. The van der Waals surface area contributed by atoms with Crippen molar-refractivity contribution >= 4 is 17.2 Å². The van der Waals surface area contributed by atoms with E-state index in [1.54, 1.807) is 0 Å². The first-order valence-electron chi connectivity index (χ1n) is 8.13. The van der Waals surface area contributed by atoms with Gasteiger partial charge in [-0.25, -0.2) is 4.98 Å². The van der Waals surface area contributed by atoms with Gasteiger partial charge in [-0.2, -0.15) is 0 Å². The number of aliphatic hydroxyl groups excluding tert-OH is 1. The lowest BCUT2D eigenvalue weighted by molar-refractivity contribution is 0.0569. The van der Waals surface area contributed by atoms with E-state index in [9.17, 15) is 9.90 Å². The van der Waals surface area contributed by atoms with Gasteiger partial charge in [-0.05, 0) is 32.6 Å². The van der Waals surface area contributed by atoms with Crippen LogP contribution in [0, 0.1) is 6.92 Å². The second kappa shape index (κ2) is 7.23. The number of benzene rings is 1. The minimum atomic E-state index is -0.00207. The number of hydrogen-bond acceptors (Lipinski definition) is 4. The SMILES string of the molecule is Cc1ccc(-c2nc(C(=O)N3CCCCC3CCO)cs2)cc1. The lowest BCUT2D eigenvalue weighted by Crippen LogP contribution is -2.44. The standard InChI is InChI=1S/C18H22N2O2S/c1-13-5-7-14(8-6-13)17-19-16(12-23-17)18(22)20-10-3-2-4-15(20)9-11-21/h5-8,12,15,21H,2-4,9-11H2,1H3. The maximum atomic E-state index is 12.8. The highest BCUT2D eigenvalue weighted by Gasteiger charge is 2.28. The fourth-order valence-electron chi connectivity index (χ4n) is 3.06. The summed E-state index contributed by atoms with van der Waals surface area (Å²) >= 11 is 1.51. The van der Waals surface area contributed by atoms with Crippen molar-refractivity contribution in [3.8, 4) is 10.6 Å². The van der Waals surface area contributed by atoms with E-state index in [1.807, 2.05) is 22.4 Å². The zero-order valence-corrected chi connectivity index (χ0v) is 14.2. The Labute approximate surface area is 140 Å². The van der Waals surface area contributed by atoms with Gasteiger partial charge in [0.2, 0.25) is 0 Å². The van der Waals surface area contributed by atoms with Gasteiger partial charge < -0.3 is 10.0 Å². The predicted octanol–water partition coefficient (Wildman–Crippen LogP) is 3.50. The normalized spacial score (nSPS) is 18.2. The fraction of sp³-hybridized carbons (Fsp3) is 0.444. The van der Waals surface area contributed by atoms with Crippen LogP contribution in [0.4, 0.5) is 0 Å². The molecule has 0 saturated carbocycles. The molecule has 2 aromatic rings. The van der Waals surface area contributed by atoms with Crippen LogP contribution in [0.3, 0.4) is 0 Å². The van der Waals surface area contributed by atoms with Crippen molar-refractivity contribution in [3.05, 3.63) is 40.9 Å². The van der Waals surface area contributed by atoms with Gasteiger partial charge in [0.05, 0.1) is 0 Å². The summed E-state index contributed by atoms with van der Waals surface area (Å²) in [5, 5.41) is 11.9. The van der Waals surface area contributed by atoms with Gasteiger partial charge in [-0.1, -0.05) is 29.8 Å². The van der Waals surface area contributed by atoms with Crippen LogP contribution in [-0.2, 0) is 0 Å². The molecule has 0 spiro atoms. The number of hydrogen-bond donors (Lipinski definition) is 1. The quantitative estimate of drug-likeness (QED) is 0.933. The number of amides is 1. The van der Waals surface area contributed by atoms with Crippen LogP contribution in [0.2, 0.25) is 0 Å². The Bertz CT molecular complexity index is 664. The van der Waals surface area contributed by atoms with Crippen LogP contribution in [0.5, 0.6) is 0 Å². The van der Waals surface area contributed by atoms with E-state index in [0.29, 0.717) is 12.1 Å². The molecule has 1 saturated heterocycles. The minimum absolute atomic E-state index is 0.00207. The van der Waals surface area contributed by atoms with Crippen LogP contribution in [-0.4, -0.2) is 40.1 Å². The molecular weight excluding hydrogens is 308 g/mol. The van der Waals surface area contributed by atoms with Crippen molar-refractivity contribution in [2.75, 3.05) is 13.2 Å². The van der Waals surface area contributed by atoms with Crippen LogP contribution >= 0.6 is 11.3 Å². The monoisotopic (exact) mass is 330 g/mol. The number of rotatable bonds is 4. The van der Waals surface area contributed by atoms with Gasteiger partial charge in [-0.15, -0.1) is 11.3 Å². The van der Waals surface area contributed by atoms with Crippen molar-refractivity contribution in [2.45, 2.75) is 38.6 Å². The third-order valence-electron chi connectivity index (χ3n) is 4.37. The lowest BCUT2D eigenvalue weighted by Gasteiger charge is -2.35. The highest BCUT2D eigenvalue weighted by atomic mass is 32.1. The number of piperidine rings is 1. The lowest BCUT2D eigenvalue weighted by atomic mass is 9.99. The molecule has 1 amide bonds. The molecule has 1 aliphatic rings. The molecule has 1 unspecified atom stereocenters. The third-order valence-corrected chi connectivity index (χ3v) is 5.26. The van der Waals surface area contributed by atoms with Gasteiger partial charge in [0.25, 0.3) is 5.91 Å². The molecule has 23 heavy (non-hydrogen) atoms. The molecule has 3 rings (SSSR count). The largest absolute Gasteiger partial charge is 0.396 e. The van der Waals surface area contributed by atoms with Crippen molar-refractivity contribution in [1.29, 1.82) is 0 Å².